The Balaban J connectivity index is 1.53. The van der Waals surface area contributed by atoms with E-state index in [1.165, 1.54) is 11.8 Å². The number of methoxy groups -OCH3 is 1. The van der Waals surface area contributed by atoms with E-state index in [-0.39, 0.29) is 24.1 Å². The number of hydrogen-bond acceptors (Lipinski definition) is 9. The van der Waals surface area contributed by atoms with Crippen LogP contribution >= 0.6 is 27.7 Å². The molecule has 3 aromatic carbocycles. The van der Waals surface area contributed by atoms with Crippen LogP contribution in [0.2, 0.25) is 0 Å². The molecular weight excluding hydrogens is 650 g/mol. The highest BCUT2D eigenvalue weighted by atomic mass is 79.9. The molecule has 4 aromatic rings. The van der Waals surface area contributed by atoms with E-state index < -0.39 is 0 Å². The molecule has 11 nitrogen and oxygen atoms in total. The average molecular weight is 685 g/mol. The zero-order valence-corrected chi connectivity index (χ0v) is 27.3. The van der Waals surface area contributed by atoms with Gasteiger partial charge < -0.3 is 29.6 Å². The van der Waals surface area contributed by atoms with Gasteiger partial charge in [-0.2, -0.15) is 0 Å². The maximum Gasteiger partial charge on any atom is 0.251 e. The van der Waals surface area contributed by atoms with Crippen molar-refractivity contribution in [2.45, 2.75) is 32.5 Å². The van der Waals surface area contributed by atoms with Crippen molar-refractivity contribution in [2.24, 2.45) is 0 Å². The van der Waals surface area contributed by atoms with Crippen LogP contribution in [0.3, 0.4) is 0 Å². The van der Waals surface area contributed by atoms with Crippen LogP contribution in [0.4, 0.5) is 5.69 Å². The Labute approximate surface area is 268 Å². The van der Waals surface area contributed by atoms with E-state index in [4.69, 9.17) is 18.9 Å². The number of carbonyl (C=O) groups is 2. The number of hydrogen-bond donors (Lipinski definition) is 2. The number of rotatable bonds is 15. The van der Waals surface area contributed by atoms with Crippen molar-refractivity contribution in [3.63, 3.8) is 0 Å². The molecule has 0 aliphatic rings. The largest absolute Gasteiger partial charge is 0.497 e. The molecule has 2 amide bonds. The molecule has 0 saturated carbocycles. The van der Waals surface area contributed by atoms with Crippen LogP contribution in [-0.4, -0.2) is 59.3 Å². The zero-order valence-electron chi connectivity index (χ0n) is 24.9. The topological polar surface area (TPSA) is 126 Å². The van der Waals surface area contributed by atoms with Crippen LogP contribution < -0.4 is 29.6 Å². The minimum Gasteiger partial charge on any atom is -0.497 e. The van der Waals surface area contributed by atoms with Gasteiger partial charge >= 0.3 is 0 Å². The molecule has 0 saturated heterocycles. The van der Waals surface area contributed by atoms with Crippen LogP contribution in [0, 0.1) is 0 Å². The van der Waals surface area contributed by atoms with E-state index in [1.54, 1.807) is 43.5 Å². The normalized spacial score (nSPS) is 10.7. The van der Waals surface area contributed by atoms with Gasteiger partial charge in [0, 0.05) is 21.4 Å². The predicted octanol–water partition coefficient (Wildman–Crippen LogP) is 5.90. The SMILES string of the molecule is CCOc1cc(C(=O)NCc2nnc(SCC(=O)Nc3ccc(OC)cc3)n2-c2ccc(Br)cc2)cc(OCC)c1OCC. The molecule has 2 N–H and O–H groups in total. The average Bonchev–Trinajstić information content (AvgIpc) is 3.44. The zero-order chi connectivity index (χ0) is 31.5. The molecular formula is C31H34BrN5O6S. The van der Waals surface area contributed by atoms with Gasteiger partial charge in [0.1, 0.15) is 5.75 Å². The summed E-state index contributed by atoms with van der Waals surface area (Å²) >= 11 is 4.70. The number of anilines is 1. The number of nitrogens with zero attached hydrogens (tertiary/aromatic N) is 3. The van der Waals surface area contributed by atoms with Crippen molar-refractivity contribution < 1.29 is 28.5 Å². The van der Waals surface area contributed by atoms with Gasteiger partial charge in [-0.05, 0) is 81.4 Å². The van der Waals surface area contributed by atoms with E-state index in [1.807, 2.05) is 49.6 Å². The Bertz CT molecular complexity index is 1540. The number of aromatic nitrogens is 3. The number of amides is 2. The molecule has 0 aliphatic carbocycles. The molecule has 0 radical (unpaired) electrons. The molecule has 4 rings (SSSR count). The standard InChI is InChI=1S/C31H34BrN5O6S/c1-5-41-25-16-20(17-26(42-6-2)29(25)43-7-3)30(39)33-18-27-35-36-31(37(27)23-12-8-21(32)9-13-23)44-19-28(38)34-22-10-14-24(40-4)15-11-22/h8-17H,5-7,18-19H2,1-4H3,(H,33,39)(H,34,38). The molecule has 0 fully saturated rings. The van der Waals surface area contributed by atoms with Crippen LogP contribution in [0.25, 0.3) is 5.69 Å². The molecule has 1 aromatic heterocycles. The summed E-state index contributed by atoms with van der Waals surface area (Å²) in [6, 6.07) is 17.9. The smallest absolute Gasteiger partial charge is 0.251 e. The van der Waals surface area contributed by atoms with Crippen LogP contribution in [0.15, 0.2) is 70.3 Å². The molecule has 13 heteroatoms. The predicted molar refractivity (Wildman–Crippen MR) is 173 cm³/mol. The second-order valence-electron chi connectivity index (χ2n) is 9.06. The fourth-order valence-corrected chi connectivity index (χ4v) is 5.18. The number of thioether (sulfide) groups is 1. The monoisotopic (exact) mass is 683 g/mol. The number of carbonyl (C=O) groups excluding carboxylic acids is 2. The maximum atomic E-state index is 13.3. The Kier molecular flexibility index (Phi) is 11.9. The third-order valence-electron chi connectivity index (χ3n) is 6.07. The van der Waals surface area contributed by atoms with Crippen molar-refractivity contribution in [1.29, 1.82) is 0 Å². The van der Waals surface area contributed by atoms with Gasteiger partial charge in [-0.25, -0.2) is 0 Å². The molecule has 0 aliphatic heterocycles. The first-order chi connectivity index (χ1) is 21.4. The highest BCUT2D eigenvalue weighted by Gasteiger charge is 2.20. The summed E-state index contributed by atoms with van der Waals surface area (Å²) in [4.78, 5) is 26.0. The van der Waals surface area contributed by atoms with E-state index in [2.05, 4.69) is 36.8 Å². The second kappa shape index (κ2) is 16.0. The van der Waals surface area contributed by atoms with Crippen molar-refractivity contribution in [1.82, 2.24) is 20.1 Å². The number of halogens is 1. The van der Waals surface area contributed by atoms with E-state index in [0.29, 0.717) is 65.1 Å². The minimum atomic E-state index is -0.353. The summed E-state index contributed by atoms with van der Waals surface area (Å²) in [5.74, 6) is 2.04. The molecule has 0 unspecified atom stereocenters. The first-order valence-corrected chi connectivity index (χ1v) is 15.8. The van der Waals surface area contributed by atoms with Gasteiger partial charge in [-0.15, -0.1) is 10.2 Å². The summed E-state index contributed by atoms with van der Waals surface area (Å²) in [5.41, 5.74) is 1.78. The lowest BCUT2D eigenvalue weighted by Gasteiger charge is -2.17. The third kappa shape index (κ3) is 8.44. The van der Waals surface area contributed by atoms with Crippen molar-refractivity contribution in [2.75, 3.05) is 38.0 Å². The Morgan fingerprint density at radius 2 is 1.52 bits per heavy atom. The Hall–Kier alpha value is -4.23. The molecule has 232 valence electrons. The molecule has 0 atom stereocenters. The van der Waals surface area contributed by atoms with Gasteiger partial charge in [0.15, 0.2) is 22.5 Å². The van der Waals surface area contributed by atoms with Gasteiger partial charge in [0.2, 0.25) is 11.7 Å². The Morgan fingerprint density at radius 1 is 0.886 bits per heavy atom. The minimum absolute atomic E-state index is 0.0711. The lowest BCUT2D eigenvalue weighted by atomic mass is 10.1. The lowest BCUT2D eigenvalue weighted by Crippen LogP contribution is -2.25. The quantitative estimate of drug-likeness (QED) is 0.147. The van der Waals surface area contributed by atoms with Crippen molar-refractivity contribution in [3.05, 3.63) is 76.5 Å². The second-order valence-corrected chi connectivity index (χ2v) is 10.9. The fourth-order valence-electron chi connectivity index (χ4n) is 4.14. The van der Waals surface area contributed by atoms with Crippen molar-refractivity contribution in [3.8, 4) is 28.7 Å². The first-order valence-electron chi connectivity index (χ1n) is 14.0. The van der Waals surface area contributed by atoms with Crippen LogP contribution in [-0.2, 0) is 11.3 Å². The third-order valence-corrected chi connectivity index (χ3v) is 7.53. The summed E-state index contributed by atoms with van der Waals surface area (Å²) < 4.78 is 25.2. The molecule has 1 heterocycles. The first kappa shape index (κ1) is 32.7. The summed E-state index contributed by atoms with van der Waals surface area (Å²) in [6.07, 6.45) is 0. The summed E-state index contributed by atoms with van der Waals surface area (Å²) in [6.45, 7) is 6.86. The van der Waals surface area contributed by atoms with E-state index in [0.717, 1.165) is 10.2 Å². The number of ether oxygens (including phenoxy) is 4. The van der Waals surface area contributed by atoms with Gasteiger partial charge in [0.25, 0.3) is 5.91 Å². The van der Waals surface area contributed by atoms with Crippen LogP contribution in [0.5, 0.6) is 23.0 Å². The lowest BCUT2D eigenvalue weighted by molar-refractivity contribution is -0.113. The highest BCUT2D eigenvalue weighted by Crippen LogP contribution is 2.39. The van der Waals surface area contributed by atoms with Gasteiger partial charge in [-0.3, -0.25) is 14.2 Å². The van der Waals surface area contributed by atoms with Gasteiger partial charge in [-0.1, -0.05) is 27.7 Å². The molecule has 44 heavy (non-hydrogen) atoms. The van der Waals surface area contributed by atoms with E-state index in [9.17, 15) is 9.59 Å². The summed E-state index contributed by atoms with van der Waals surface area (Å²) in [7, 11) is 1.59. The van der Waals surface area contributed by atoms with Crippen LogP contribution in [0.1, 0.15) is 37.0 Å². The summed E-state index contributed by atoms with van der Waals surface area (Å²) in [5, 5.41) is 15.0. The molecule has 0 bridgehead atoms. The fraction of sp³-hybridized carbons (Fsp3) is 0.290. The molecule has 0 spiro atoms. The van der Waals surface area contributed by atoms with Gasteiger partial charge in [0.05, 0.1) is 39.2 Å². The highest BCUT2D eigenvalue weighted by molar-refractivity contribution is 9.10. The van der Waals surface area contributed by atoms with E-state index >= 15 is 0 Å². The maximum absolute atomic E-state index is 13.3. The van der Waals surface area contributed by atoms with Crippen molar-refractivity contribution >= 4 is 45.2 Å². The number of benzene rings is 3. The number of nitrogens with one attached hydrogen (secondary N) is 2. The Morgan fingerprint density at radius 3 is 2.11 bits per heavy atom.